The number of likely N-dealkylation sites (N-methyl/N-ethyl adjacent to an activating group) is 1. The summed E-state index contributed by atoms with van der Waals surface area (Å²) >= 11 is 0. The van der Waals surface area contributed by atoms with Gasteiger partial charge >= 0.3 is 0 Å². The highest BCUT2D eigenvalue weighted by Crippen LogP contribution is 2.35. The van der Waals surface area contributed by atoms with Crippen molar-refractivity contribution in [1.82, 2.24) is 20.0 Å². The smallest absolute Gasteiger partial charge is 0.0673 e. The Morgan fingerprint density at radius 1 is 1.44 bits per heavy atom. The molecule has 18 heavy (non-hydrogen) atoms. The standard InChI is InChI=1S/C14H26N4/c1-5-14(2,18-10-6-7-11-18)13(15-3)12-8-9-16-17(12)4/h8-9,13,15H,5-7,10-11H2,1-4H3. The number of nitrogens with zero attached hydrogens (tertiary/aromatic N) is 3. The quantitative estimate of drug-likeness (QED) is 0.867. The van der Waals surface area contributed by atoms with Gasteiger partial charge in [0.1, 0.15) is 0 Å². The number of aromatic nitrogens is 2. The topological polar surface area (TPSA) is 33.1 Å². The predicted molar refractivity (Wildman–Crippen MR) is 74.5 cm³/mol. The molecule has 1 fully saturated rings. The van der Waals surface area contributed by atoms with Crippen LogP contribution < -0.4 is 5.32 Å². The molecule has 102 valence electrons. The molecule has 4 heteroatoms. The highest BCUT2D eigenvalue weighted by atomic mass is 15.3. The lowest BCUT2D eigenvalue weighted by Gasteiger charge is -2.44. The first kappa shape index (κ1) is 13.6. The molecule has 2 heterocycles. The zero-order chi connectivity index (χ0) is 13.2. The summed E-state index contributed by atoms with van der Waals surface area (Å²) in [5, 5.41) is 7.83. The van der Waals surface area contributed by atoms with Crippen molar-refractivity contribution in [2.75, 3.05) is 20.1 Å². The van der Waals surface area contributed by atoms with Crippen LogP contribution in [0.5, 0.6) is 0 Å². The van der Waals surface area contributed by atoms with E-state index in [1.165, 1.54) is 31.6 Å². The van der Waals surface area contributed by atoms with Crippen molar-refractivity contribution in [2.24, 2.45) is 7.05 Å². The lowest BCUT2D eigenvalue weighted by molar-refractivity contribution is 0.0840. The average molecular weight is 250 g/mol. The molecule has 1 aromatic rings. The molecule has 0 radical (unpaired) electrons. The first-order valence-electron chi connectivity index (χ1n) is 7.03. The van der Waals surface area contributed by atoms with Gasteiger partial charge in [-0.05, 0) is 52.4 Å². The molecule has 4 nitrogen and oxygen atoms in total. The predicted octanol–water partition coefficient (Wildman–Crippen LogP) is 1.95. The fourth-order valence-corrected chi connectivity index (χ4v) is 3.28. The molecule has 0 saturated carbocycles. The van der Waals surface area contributed by atoms with Crippen molar-refractivity contribution in [2.45, 2.75) is 44.7 Å². The fraction of sp³-hybridized carbons (Fsp3) is 0.786. The van der Waals surface area contributed by atoms with Gasteiger partial charge in [-0.2, -0.15) is 5.10 Å². The Morgan fingerprint density at radius 3 is 2.56 bits per heavy atom. The van der Waals surface area contributed by atoms with Crippen LogP contribution in [0.2, 0.25) is 0 Å². The van der Waals surface area contributed by atoms with E-state index in [-0.39, 0.29) is 5.54 Å². The molecule has 0 aromatic carbocycles. The molecule has 1 N–H and O–H groups in total. The molecule has 2 unspecified atom stereocenters. The largest absolute Gasteiger partial charge is 0.310 e. The summed E-state index contributed by atoms with van der Waals surface area (Å²) in [6.45, 7) is 7.12. The van der Waals surface area contributed by atoms with Gasteiger partial charge in [0.05, 0.1) is 11.7 Å². The highest BCUT2D eigenvalue weighted by Gasteiger charge is 2.40. The minimum atomic E-state index is 0.166. The van der Waals surface area contributed by atoms with Crippen molar-refractivity contribution in [3.05, 3.63) is 18.0 Å². The van der Waals surface area contributed by atoms with Gasteiger partial charge in [0.25, 0.3) is 0 Å². The van der Waals surface area contributed by atoms with Crippen LogP contribution >= 0.6 is 0 Å². The third-order valence-corrected chi connectivity index (χ3v) is 4.61. The van der Waals surface area contributed by atoms with E-state index in [0.29, 0.717) is 6.04 Å². The Morgan fingerprint density at radius 2 is 2.11 bits per heavy atom. The Labute approximate surface area is 110 Å². The number of likely N-dealkylation sites (tertiary alicyclic amines) is 1. The summed E-state index contributed by atoms with van der Waals surface area (Å²) in [4.78, 5) is 2.64. The van der Waals surface area contributed by atoms with E-state index in [1.54, 1.807) is 0 Å². The molecular formula is C14H26N4. The second-order valence-corrected chi connectivity index (χ2v) is 5.51. The van der Waals surface area contributed by atoms with E-state index in [0.717, 1.165) is 6.42 Å². The van der Waals surface area contributed by atoms with Crippen LogP contribution in [0.15, 0.2) is 12.3 Å². The Bertz CT molecular complexity index is 381. The molecular weight excluding hydrogens is 224 g/mol. The lowest BCUT2D eigenvalue weighted by Crippen LogP contribution is -2.53. The Balaban J connectivity index is 2.31. The molecule has 1 saturated heterocycles. The van der Waals surface area contributed by atoms with Gasteiger partial charge < -0.3 is 5.32 Å². The van der Waals surface area contributed by atoms with Crippen LogP contribution in [-0.4, -0.2) is 40.4 Å². The second kappa shape index (κ2) is 5.41. The van der Waals surface area contributed by atoms with Crippen molar-refractivity contribution < 1.29 is 0 Å². The molecule has 0 spiro atoms. The van der Waals surface area contributed by atoms with Gasteiger partial charge in [0.15, 0.2) is 0 Å². The summed E-state index contributed by atoms with van der Waals surface area (Å²) in [6.07, 6.45) is 5.69. The summed E-state index contributed by atoms with van der Waals surface area (Å²) in [5.74, 6) is 0. The molecule has 1 aliphatic rings. The second-order valence-electron chi connectivity index (χ2n) is 5.51. The SMILES string of the molecule is CCC(C)(C(NC)c1ccnn1C)N1CCCC1. The van der Waals surface area contributed by atoms with Crippen LogP contribution in [0.4, 0.5) is 0 Å². The van der Waals surface area contributed by atoms with Crippen LogP contribution in [0, 0.1) is 0 Å². The van der Waals surface area contributed by atoms with E-state index in [1.807, 2.05) is 17.9 Å². The van der Waals surface area contributed by atoms with E-state index in [2.05, 4.69) is 42.3 Å². The molecule has 0 bridgehead atoms. The van der Waals surface area contributed by atoms with Gasteiger partial charge in [0, 0.05) is 18.8 Å². The molecule has 1 aromatic heterocycles. The number of hydrogen-bond acceptors (Lipinski definition) is 3. The lowest BCUT2D eigenvalue weighted by atomic mass is 9.85. The molecule has 0 amide bonds. The summed E-state index contributed by atoms with van der Waals surface area (Å²) in [7, 11) is 4.08. The zero-order valence-electron chi connectivity index (χ0n) is 12.1. The van der Waals surface area contributed by atoms with Crippen LogP contribution in [-0.2, 0) is 7.05 Å². The van der Waals surface area contributed by atoms with Crippen molar-refractivity contribution >= 4 is 0 Å². The van der Waals surface area contributed by atoms with Crippen molar-refractivity contribution in [1.29, 1.82) is 0 Å². The minimum absolute atomic E-state index is 0.166. The number of hydrogen-bond donors (Lipinski definition) is 1. The fourth-order valence-electron chi connectivity index (χ4n) is 3.28. The van der Waals surface area contributed by atoms with Gasteiger partial charge in [0.2, 0.25) is 0 Å². The summed E-state index contributed by atoms with van der Waals surface area (Å²) in [5.41, 5.74) is 1.44. The number of nitrogens with one attached hydrogen (secondary N) is 1. The third kappa shape index (κ3) is 2.19. The molecule has 2 rings (SSSR count). The first-order valence-corrected chi connectivity index (χ1v) is 7.03. The summed E-state index contributed by atoms with van der Waals surface area (Å²) in [6, 6.07) is 2.46. The monoisotopic (exact) mass is 250 g/mol. The van der Waals surface area contributed by atoms with Crippen LogP contribution in [0.25, 0.3) is 0 Å². The van der Waals surface area contributed by atoms with Gasteiger partial charge in [-0.25, -0.2) is 0 Å². The Kier molecular flexibility index (Phi) is 4.07. The van der Waals surface area contributed by atoms with Crippen LogP contribution in [0.1, 0.15) is 44.8 Å². The van der Waals surface area contributed by atoms with Gasteiger partial charge in [-0.3, -0.25) is 9.58 Å². The average Bonchev–Trinajstić information content (AvgIpc) is 3.02. The normalized spacial score (nSPS) is 22.0. The Hall–Kier alpha value is -0.870. The maximum atomic E-state index is 4.32. The van der Waals surface area contributed by atoms with Crippen LogP contribution in [0.3, 0.4) is 0 Å². The highest BCUT2D eigenvalue weighted by molar-refractivity contribution is 5.14. The zero-order valence-corrected chi connectivity index (χ0v) is 12.1. The van der Waals surface area contributed by atoms with Gasteiger partial charge in [-0.1, -0.05) is 6.92 Å². The minimum Gasteiger partial charge on any atom is -0.310 e. The van der Waals surface area contributed by atoms with Gasteiger partial charge in [-0.15, -0.1) is 0 Å². The molecule has 2 atom stereocenters. The first-order chi connectivity index (χ1) is 8.63. The summed E-state index contributed by atoms with van der Waals surface area (Å²) < 4.78 is 1.99. The van der Waals surface area contributed by atoms with Crippen molar-refractivity contribution in [3.8, 4) is 0 Å². The van der Waals surface area contributed by atoms with Crippen molar-refractivity contribution in [3.63, 3.8) is 0 Å². The van der Waals surface area contributed by atoms with E-state index in [4.69, 9.17) is 0 Å². The maximum absolute atomic E-state index is 4.32. The van der Waals surface area contributed by atoms with E-state index >= 15 is 0 Å². The number of rotatable bonds is 5. The maximum Gasteiger partial charge on any atom is 0.0673 e. The third-order valence-electron chi connectivity index (χ3n) is 4.61. The number of aryl methyl sites for hydroxylation is 1. The molecule has 0 aliphatic carbocycles. The molecule has 1 aliphatic heterocycles. The van der Waals surface area contributed by atoms with E-state index < -0.39 is 0 Å². The van der Waals surface area contributed by atoms with E-state index in [9.17, 15) is 0 Å².